The molecule has 0 saturated carbocycles. The topological polar surface area (TPSA) is 135 Å². The van der Waals surface area contributed by atoms with E-state index in [0.717, 1.165) is 281 Å². The zero-order valence-electron chi connectivity index (χ0n) is 71.6. The van der Waals surface area contributed by atoms with E-state index in [2.05, 4.69) is 159 Å². The molecule has 16 aromatic rings. The molecule has 0 bridgehead atoms. The second-order valence-corrected chi connectivity index (χ2v) is 33.9. The number of carbonyl (C=O) groups is 4. The van der Waals surface area contributed by atoms with Crippen molar-refractivity contribution < 1.29 is 38.1 Å². The predicted octanol–water partition coefficient (Wildman–Crippen LogP) is 21.9. The van der Waals surface area contributed by atoms with Crippen LogP contribution in [-0.2, 0) is 46.8 Å². The molecule has 0 radical (unpaired) electrons. The quantitative estimate of drug-likeness (QED) is 0.0760. The summed E-state index contributed by atoms with van der Waals surface area (Å²) in [6, 6.07) is 75.0. The van der Waals surface area contributed by atoms with Crippen LogP contribution in [0.4, 0.5) is 0 Å². The SMILES string of the molecule is COc1ccc2c(C(=O)c3ccc(C)c4ccccc34)c(C)n(CCN3CCOCC3)c2c1.Cc1ccc(C(=O)c2c(C)n(CCN3CCOCC3)c3cc(Cl)cc(Cl)c23)c2ccccc12.Cc1ccc(C(=O)c2c(C)n(CCN3CCOCC3)c3ccccc23)c2ccccc12.Cc1ccc(C(=O)c2c3n(c4ccccc24)CCCC3)c2ccccc12. The van der Waals surface area contributed by atoms with E-state index >= 15 is 0 Å². The lowest BCUT2D eigenvalue weighted by atomic mass is 9.92. The second-order valence-electron chi connectivity index (χ2n) is 33.0. The van der Waals surface area contributed by atoms with Crippen molar-refractivity contribution in [1.82, 2.24) is 33.0 Å². The van der Waals surface area contributed by atoms with Gasteiger partial charge >= 0.3 is 0 Å². The Balaban J connectivity index is 0.000000117. The van der Waals surface area contributed by atoms with Gasteiger partial charge in [-0.25, -0.2) is 0 Å². The number of hydrogen-bond acceptors (Lipinski definition) is 11. The van der Waals surface area contributed by atoms with Gasteiger partial charge in [0.2, 0.25) is 0 Å². The number of nitrogens with zero attached hydrogens (tertiary/aromatic N) is 7. The van der Waals surface area contributed by atoms with Crippen LogP contribution < -0.4 is 4.74 Å². The monoisotopic (exact) mass is 1670 g/mol. The third-order valence-electron chi connectivity index (χ3n) is 25.9. The summed E-state index contributed by atoms with van der Waals surface area (Å²) in [7, 11) is 1.68. The van der Waals surface area contributed by atoms with E-state index in [1.54, 1.807) is 13.2 Å². The largest absolute Gasteiger partial charge is 0.497 e. The van der Waals surface area contributed by atoms with Gasteiger partial charge in [-0.05, 0) is 169 Å². The van der Waals surface area contributed by atoms with Gasteiger partial charge in [0.15, 0.2) is 23.1 Å². The molecule has 0 amide bonds. The first-order valence-corrected chi connectivity index (χ1v) is 44.0. The molecule has 4 aromatic heterocycles. The first kappa shape index (κ1) is 83.9. The van der Waals surface area contributed by atoms with Gasteiger partial charge < -0.3 is 37.2 Å². The highest BCUT2D eigenvalue weighted by Gasteiger charge is 2.31. The number of aryl methyl sites for hydroxylation is 5. The van der Waals surface area contributed by atoms with Crippen LogP contribution >= 0.6 is 23.2 Å². The number of fused-ring (bicyclic) bond motifs is 10. The van der Waals surface area contributed by atoms with Crippen LogP contribution in [0.2, 0.25) is 10.0 Å². The smallest absolute Gasteiger partial charge is 0.196 e. The standard InChI is InChI=1S/C28H30N2O3.C27H26Cl2N2O2.C27H28N2O2.C24H21NO/c1-19-8-10-24(23-7-5-4-6-22(19)23)28(31)27-20(2)30(13-12-29-14-16-33-17-15-29)26-18-21(32-3)9-11-25(26)27;1-17-7-8-22(21-6-4-3-5-20(17)21)27(32)25-18(2)31(10-9-30-11-13-33-14-12-30)24-16-19(28)15-23(29)26(24)25;1-19-11-12-23(22-8-4-3-7-21(19)22)27(30)26-20(2)29(25-10-6-5-9-24(25)26)14-13-28-15-17-31-18-16-28;1-16-13-14-19(18-9-3-2-8-17(16)18)24(26)23-20-10-4-5-11-21(20)25-15-7-6-12-22(23)25/h4-11,18H,12-17H2,1-3H3;3-8,15-16H,9-14H2,1-2H3;3-12H,13-18H2,1-2H3;2-5,8-11,13-14H,6-7,12,15H2,1H3. The average molecular weight is 1680 g/mol. The Hall–Kier alpha value is -11.3. The summed E-state index contributed by atoms with van der Waals surface area (Å²) in [5.41, 5.74) is 19.4. The van der Waals surface area contributed by atoms with Crippen LogP contribution in [0.1, 0.15) is 122 Å². The highest BCUT2D eigenvalue weighted by Crippen LogP contribution is 2.41. The fourth-order valence-electron chi connectivity index (χ4n) is 19.3. The molecule has 0 unspecified atom stereocenters. The molecule has 0 atom stereocenters. The summed E-state index contributed by atoms with van der Waals surface area (Å²) >= 11 is 13.1. The van der Waals surface area contributed by atoms with E-state index in [-0.39, 0.29) is 23.1 Å². The Bertz CT molecular complexity index is 6750. The molecule has 0 aliphatic carbocycles. The molecule has 4 aliphatic heterocycles. The zero-order valence-corrected chi connectivity index (χ0v) is 73.1. The van der Waals surface area contributed by atoms with E-state index in [4.69, 9.17) is 42.1 Å². The van der Waals surface area contributed by atoms with Crippen LogP contribution in [0.25, 0.3) is 86.7 Å². The molecule has 8 heterocycles. The van der Waals surface area contributed by atoms with E-state index in [1.807, 2.05) is 140 Å². The first-order chi connectivity index (χ1) is 59.9. The number of morpholine rings is 3. The number of hydrogen-bond donors (Lipinski definition) is 0. The number of benzene rings is 12. The van der Waals surface area contributed by atoms with Crippen molar-refractivity contribution >= 4 is 133 Å². The number of halogens is 2. The van der Waals surface area contributed by atoms with E-state index < -0.39 is 0 Å². The molecule has 20 rings (SSSR count). The maximum Gasteiger partial charge on any atom is 0.196 e. The van der Waals surface area contributed by atoms with Crippen molar-refractivity contribution in [1.29, 1.82) is 0 Å². The molecule has 17 heteroatoms. The summed E-state index contributed by atoms with van der Waals surface area (Å²) in [6.07, 6.45) is 3.33. The molecule has 123 heavy (non-hydrogen) atoms. The lowest BCUT2D eigenvalue weighted by molar-refractivity contribution is 0.0364. The van der Waals surface area contributed by atoms with Gasteiger partial charge in [-0.2, -0.15) is 0 Å². The van der Waals surface area contributed by atoms with E-state index in [9.17, 15) is 19.2 Å². The molecule has 15 nitrogen and oxygen atoms in total. The van der Waals surface area contributed by atoms with Crippen molar-refractivity contribution in [3.63, 3.8) is 0 Å². The number of para-hydroxylation sites is 2. The minimum atomic E-state index is -0.0111. The third kappa shape index (κ3) is 16.7. The molecular formula is C106H105Cl2N7O8. The third-order valence-corrected chi connectivity index (χ3v) is 26.4. The number of aromatic nitrogens is 4. The summed E-state index contributed by atoms with van der Waals surface area (Å²) in [4.78, 5) is 62.9. The molecule has 4 aliphatic rings. The first-order valence-electron chi connectivity index (χ1n) is 43.3. The molecule has 626 valence electrons. The minimum absolute atomic E-state index is 0.0111. The minimum Gasteiger partial charge on any atom is -0.497 e. The average Bonchev–Trinajstić information content (AvgIpc) is 1.61. The van der Waals surface area contributed by atoms with Crippen LogP contribution in [-0.4, -0.2) is 162 Å². The molecule has 3 saturated heterocycles. The number of ether oxygens (including phenoxy) is 4. The summed E-state index contributed by atoms with van der Waals surface area (Å²) < 4.78 is 31.1. The summed E-state index contributed by atoms with van der Waals surface area (Å²) in [5, 5.41) is 13.5. The zero-order chi connectivity index (χ0) is 85.1. The summed E-state index contributed by atoms with van der Waals surface area (Å²) in [5.74, 6) is 1.13. The van der Waals surface area contributed by atoms with Crippen LogP contribution in [0.5, 0.6) is 5.75 Å². The van der Waals surface area contributed by atoms with Crippen molar-refractivity contribution in [3.8, 4) is 5.75 Å². The number of rotatable bonds is 18. The maximum absolute atomic E-state index is 14.0. The van der Waals surface area contributed by atoms with Crippen LogP contribution in [0, 0.1) is 48.5 Å². The number of ketones is 4. The van der Waals surface area contributed by atoms with Gasteiger partial charge in [-0.1, -0.05) is 205 Å². The van der Waals surface area contributed by atoms with Crippen molar-refractivity contribution in [2.45, 2.75) is 93.9 Å². The molecule has 12 aromatic carbocycles. The van der Waals surface area contributed by atoms with E-state index in [0.29, 0.717) is 21.2 Å². The van der Waals surface area contributed by atoms with Crippen molar-refractivity contribution in [2.75, 3.05) is 106 Å². The molecule has 3 fully saturated rings. The van der Waals surface area contributed by atoms with Gasteiger partial charge in [0.1, 0.15) is 5.75 Å². The van der Waals surface area contributed by atoms with Gasteiger partial charge in [0, 0.05) is 174 Å². The van der Waals surface area contributed by atoms with Gasteiger partial charge in [-0.3, -0.25) is 33.9 Å². The fourth-order valence-corrected chi connectivity index (χ4v) is 19.8. The Kier molecular flexibility index (Phi) is 25.2. The molecular weight excluding hydrogens is 1570 g/mol. The fraction of sp³-hybridized carbons (Fsp3) is 0.283. The van der Waals surface area contributed by atoms with Gasteiger partial charge in [0.25, 0.3) is 0 Å². The lowest BCUT2D eigenvalue weighted by Gasteiger charge is -2.27. The molecule has 0 spiro atoms. The van der Waals surface area contributed by atoms with Crippen LogP contribution in [0.3, 0.4) is 0 Å². The van der Waals surface area contributed by atoms with Gasteiger partial charge in [-0.15, -0.1) is 0 Å². The van der Waals surface area contributed by atoms with Gasteiger partial charge in [0.05, 0.1) is 85.1 Å². The van der Waals surface area contributed by atoms with Crippen LogP contribution in [0.15, 0.2) is 224 Å². The second kappa shape index (κ2) is 37.0. The van der Waals surface area contributed by atoms with Crippen molar-refractivity contribution in [2.24, 2.45) is 0 Å². The number of methoxy groups -OCH3 is 1. The predicted molar refractivity (Wildman–Crippen MR) is 502 cm³/mol. The number of carbonyl (C=O) groups excluding carboxylic acids is 4. The highest BCUT2D eigenvalue weighted by molar-refractivity contribution is 6.40. The highest BCUT2D eigenvalue weighted by atomic mass is 35.5. The maximum atomic E-state index is 14.0. The Morgan fingerprint density at radius 3 is 1.09 bits per heavy atom. The Morgan fingerprint density at radius 2 is 0.667 bits per heavy atom. The van der Waals surface area contributed by atoms with Crippen molar-refractivity contribution in [3.05, 3.63) is 324 Å². The van der Waals surface area contributed by atoms with E-state index in [1.165, 1.54) is 34.3 Å². The molecule has 0 N–H and O–H groups in total. The lowest BCUT2D eigenvalue weighted by Crippen LogP contribution is -2.38. The Morgan fingerprint density at radius 1 is 0.325 bits per heavy atom. The normalized spacial score (nSPS) is 14.7. The summed E-state index contributed by atoms with van der Waals surface area (Å²) in [6.45, 7) is 31.1. The Labute approximate surface area is 728 Å².